The summed E-state index contributed by atoms with van der Waals surface area (Å²) in [7, 11) is 0. The summed E-state index contributed by atoms with van der Waals surface area (Å²) < 4.78 is 2.08. The van der Waals surface area contributed by atoms with Crippen LogP contribution in [0.5, 0.6) is 0 Å². The van der Waals surface area contributed by atoms with Crippen LogP contribution in [-0.2, 0) is 0 Å². The van der Waals surface area contributed by atoms with Crippen LogP contribution >= 0.6 is 12.6 Å². The molecule has 1 nitrogen and oxygen atoms in total. The molecule has 0 saturated heterocycles. The molecule has 0 aliphatic rings. The lowest BCUT2D eigenvalue weighted by atomic mass is 10.3. The Balaban J connectivity index is 2.82. The molecule has 0 aromatic carbocycles. The first-order valence-electron chi connectivity index (χ1n) is 3.53. The van der Waals surface area contributed by atoms with Crippen molar-refractivity contribution >= 4 is 18.1 Å². The normalized spacial score (nSPS) is 10.7. The summed E-state index contributed by atoms with van der Waals surface area (Å²) in [5, 5.41) is 0. The lowest BCUT2D eigenvalue weighted by Crippen LogP contribution is -1.79. The second-order valence-electron chi connectivity index (χ2n) is 2.74. The molecule has 2 aromatic heterocycles. The van der Waals surface area contributed by atoms with Gasteiger partial charge in [-0.25, -0.2) is 0 Å². The molecule has 0 aliphatic heterocycles. The predicted octanol–water partition coefficient (Wildman–Crippen LogP) is 2.54. The van der Waals surface area contributed by atoms with Gasteiger partial charge in [0.05, 0.1) is 0 Å². The Morgan fingerprint density at radius 3 is 2.91 bits per heavy atom. The minimum absolute atomic E-state index is 0.994. The zero-order valence-electron chi connectivity index (χ0n) is 6.28. The minimum atomic E-state index is 0.994. The van der Waals surface area contributed by atoms with Crippen molar-refractivity contribution in [1.82, 2.24) is 4.40 Å². The summed E-state index contributed by atoms with van der Waals surface area (Å²) in [5.41, 5.74) is 2.50. The number of hydrogen-bond acceptors (Lipinski definition) is 1. The number of thiol groups is 1. The topological polar surface area (TPSA) is 4.41 Å². The quantitative estimate of drug-likeness (QED) is 0.569. The van der Waals surface area contributed by atoms with Gasteiger partial charge in [0.15, 0.2) is 0 Å². The van der Waals surface area contributed by atoms with Crippen LogP contribution < -0.4 is 0 Å². The summed E-state index contributed by atoms with van der Waals surface area (Å²) in [6.07, 6.45) is 4.10. The molecular weight excluding hydrogens is 154 g/mol. The van der Waals surface area contributed by atoms with E-state index in [1.54, 1.807) is 0 Å². The molecule has 0 radical (unpaired) electrons. The van der Waals surface area contributed by atoms with Crippen LogP contribution in [0.4, 0.5) is 0 Å². The molecule has 0 unspecified atom stereocenters. The molecule has 0 spiro atoms. The van der Waals surface area contributed by atoms with Crippen molar-refractivity contribution in [2.24, 2.45) is 0 Å². The van der Waals surface area contributed by atoms with Crippen LogP contribution in [-0.4, -0.2) is 4.40 Å². The zero-order chi connectivity index (χ0) is 7.84. The first kappa shape index (κ1) is 6.80. The lowest BCUT2D eigenvalue weighted by molar-refractivity contribution is 1.14. The van der Waals surface area contributed by atoms with Gasteiger partial charge in [-0.05, 0) is 30.7 Å². The Labute approximate surface area is 71.1 Å². The van der Waals surface area contributed by atoms with Gasteiger partial charge in [0.25, 0.3) is 0 Å². The highest BCUT2D eigenvalue weighted by molar-refractivity contribution is 7.80. The molecule has 2 rings (SSSR count). The van der Waals surface area contributed by atoms with Crippen molar-refractivity contribution in [2.75, 3.05) is 0 Å². The van der Waals surface area contributed by atoms with Gasteiger partial charge < -0.3 is 4.40 Å². The fraction of sp³-hybridized carbons (Fsp3) is 0.111. The first-order chi connectivity index (χ1) is 5.25. The number of hydrogen-bond donors (Lipinski definition) is 1. The summed E-state index contributed by atoms with van der Waals surface area (Å²) in [6, 6.07) is 6.21. The predicted molar refractivity (Wildman–Crippen MR) is 49.4 cm³/mol. The molecule has 0 atom stereocenters. The number of rotatable bonds is 0. The SMILES string of the molecule is Cc1cc2ccc(S)cn2c1. The van der Waals surface area contributed by atoms with E-state index in [2.05, 4.69) is 42.3 Å². The van der Waals surface area contributed by atoms with Crippen molar-refractivity contribution in [2.45, 2.75) is 11.8 Å². The molecule has 0 saturated carbocycles. The van der Waals surface area contributed by atoms with Crippen molar-refractivity contribution in [3.63, 3.8) is 0 Å². The standard InChI is InChI=1S/C9H9NS/c1-7-4-8-2-3-9(11)6-10(8)5-7/h2-6,11H,1H3. The monoisotopic (exact) mass is 163 g/mol. The van der Waals surface area contributed by atoms with Gasteiger partial charge in [0.1, 0.15) is 0 Å². The second-order valence-corrected chi connectivity index (χ2v) is 3.25. The molecule has 0 fully saturated rings. The van der Waals surface area contributed by atoms with E-state index >= 15 is 0 Å². The molecule has 2 aromatic rings. The second kappa shape index (κ2) is 2.31. The van der Waals surface area contributed by atoms with Crippen LogP contribution in [0.1, 0.15) is 5.56 Å². The fourth-order valence-electron chi connectivity index (χ4n) is 1.24. The Morgan fingerprint density at radius 2 is 2.09 bits per heavy atom. The van der Waals surface area contributed by atoms with Gasteiger partial charge in [-0.15, -0.1) is 12.6 Å². The van der Waals surface area contributed by atoms with E-state index in [4.69, 9.17) is 0 Å². The smallest absolute Gasteiger partial charge is 0.0453 e. The van der Waals surface area contributed by atoms with Crippen LogP contribution in [0.2, 0.25) is 0 Å². The molecule has 2 heteroatoms. The van der Waals surface area contributed by atoms with Crippen LogP contribution in [0.3, 0.4) is 0 Å². The first-order valence-corrected chi connectivity index (χ1v) is 3.98. The van der Waals surface area contributed by atoms with E-state index in [-0.39, 0.29) is 0 Å². The number of fused-ring (bicyclic) bond motifs is 1. The van der Waals surface area contributed by atoms with Gasteiger partial charge in [-0.1, -0.05) is 0 Å². The fourth-order valence-corrected chi connectivity index (χ4v) is 1.44. The number of pyridine rings is 1. The molecule has 0 N–H and O–H groups in total. The molecule has 56 valence electrons. The van der Waals surface area contributed by atoms with Crippen molar-refractivity contribution < 1.29 is 0 Å². The molecule has 0 bridgehead atoms. The van der Waals surface area contributed by atoms with Crippen molar-refractivity contribution in [3.05, 3.63) is 36.2 Å². The highest BCUT2D eigenvalue weighted by atomic mass is 32.1. The van der Waals surface area contributed by atoms with Gasteiger partial charge in [0, 0.05) is 22.8 Å². The third-order valence-electron chi connectivity index (χ3n) is 1.71. The van der Waals surface area contributed by atoms with Gasteiger partial charge in [0.2, 0.25) is 0 Å². The maximum atomic E-state index is 4.25. The summed E-state index contributed by atoms with van der Waals surface area (Å²) in [5.74, 6) is 0. The van der Waals surface area contributed by atoms with Crippen LogP contribution in [0, 0.1) is 6.92 Å². The summed E-state index contributed by atoms with van der Waals surface area (Å²) in [6.45, 7) is 2.09. The van der Waals surface area contributed by atoms with Gasteiger partial charge in [-0.3, -0.25) is 0 Å². The average molecular weight is 163 g/mol. The lowest BCUT2D eigenvalue weighted by Gasteiger charge is -1.93. The highest BCUT2D eigenvalue weighted by Gasteiger charge is 1.93. The Bertz CT molecular complexity index is 389. The average Bonchev–Trinajstić information content (AvgIpc) is 2.27. The van der Waals surface area contributed by atoms with Gasteiger partial charge in [-0.2, -0.15) is 0 Å². The number of aryl methyl sites for hydroxylation is 1. The molecule has 11 heavy (non-hydrogen) atoms. The van der Waals surface area contributed by atoms with E-state index in [0.717, 1.165) is 4.90 Å². The largest absolute Gasteiger partial charge is 0.322 e. The molecular formula is C9H9NS. The maximum Gasteiger partial charge on any atom is 0.0453 e. The summed E-state index contributed by atoms with van der Waals surface area (Å²) in [4.78, 5) is 0.994. The maximum absolute atomic E-state index is 4.25. The van der Waals surface area contributed by atoms with E-state index < -0.39 is 0 Å². The highest BCUT2D eigenvalue weighted by Crippen LogP contribution is 2.12. The minimum Gasteiger partial charge on any atom is -0.322 e. The molecule has 0 aliphatic carbocycles. The Morgan fingerprint density at radius 1 is 1.27 bits per heavy atom. The van der Waals surface area contributed by atoms with Gasteiger partial charge >= 0.3 is 0 Å². The third kappa shape index (κ3) is 1.14. The van der Waals surface area contributed by atoms with E-state index in [1.807, 2.05) is 12.3 Å². The third-order valence-corrected chi connectivity index (χ3v) is 1.98. The van der Waals surface area contributed by atoms with E-state index in [1.165, 1.54) is 11.1 Å². The van der Waals surface area contributed by atoms with Crippen molar-refractivity contribution in [3.8, 4) is 0 Å². The van der Waals surface area contributed by atoms with Crippen LogP contribution in [0.25, 0.3) is 5.52 Å². The van der Waals surface area contributed by atoms with Crippen molar-refractivity contribution in [1.29, 1.82) is 0 Å². The van der Waals surface area contributed by atoms with E-state index in [9.17, 15) is 0 Å². The van der Waals surface area contributed by atoms with Crippen LogP contribution in [0.15, 0.2) is 35.5 Å². The molecule has 0 amide bonds. The zero-order valence-corrected chi connectivity index (χ0v) is 7.18. The van der Waals surface area contributed by atoms with E-state index in [0.29, 0.717) is 0 Å². The Hall–Kier alpha value is -0.890. The number of nitrogens with zero attached hydrogens (tertiary/aromatic N) is 1. The number of aromatic nitrogens is 1. The molecule has 2 heterocycles. The Kier molecular flexibility index (Phi) is 1.43. The summed E-state index contributed by atoms with van der Waals surface area (Å²) >= 11 is 4.25.